The van der Waals surface area contributed by atoms with Crippen LogP contribution in [0.4, 0.5) is 16.6 Å². The fraction of sp³-hybridized carbons (Fsp3) is 0.656. The topological polar surface area (TPSA) is 425 Å². The Morgan fingerprint density at radius 2 is 1.40 bits per heavy atom. The number of methoxy groups -OCH3 is 1. The highest BCUT2D eigenvalue weighted by Crippen LogP contribution is 2.37. The first-order chi connectivity index (χ1) is 62.4. The lowest BCUT2D eigenvalue weighted by molar-refractivity contribution is -0.159. The summed E-state index contributed by atoms with van der Waals surface area (Å²) < 4.78 is 66.1. The first kappa shape index (κ1) is 99.2. The Morgan fingerprint density at radius 3 is 2.11 bits per heavy atom. The number of hydrogen-bond acceptors (Lipinski definition) is 28. The molecule has 1 saturated carbocycles. The quantitative estimate of drug-likeness (QED) is 0.0137. The van der Waals surface area contributed by atoms with Crippen molar-refractivity contribution in [3.05, 3.63) is 107 Å². The van der Waals surface area contributed by atoms with E-state index in [0.29, 0.717) is 209 Å². The number of carbonyl (C=O) groups excluding carboxylic acids is 7. The zero-order chi connectivity index (χ0) is 91.3. The Bertz CT molecular complexity index is 4610. The second-order valence-electron chi connectivity index (χ2n) is 36.0. The Kier molecular flexibility index (Phi) is 38.6. The third kappa shape index (κ3) is 28.9. The third-order valence-corrected chi connectivity index (χ3v) is 26.6. The molecular formula is C96H139N13O20. The average molecular weight is 1800 g/mol. The van der Waals surface area contributed by atoms with Gasteiger partial charge in [-0.3, -0.25) is 28.8 Å². The first-order valence-electron chi connectivity index (χ1n) is 46.9. The number of amides is 4. The summed E-state index contributed by atoms with van der Waals surface area (Å²) in [6, 6.07) is 11.5. The van der Waals surface area contributed by atoms with Gasteiger partial charge in [-0.25, -0.2) is 19.4 Å². The molecule has 4 saturated heterocycles. The number of ether oxygens (including phenoxy) is 10. The number of oxazole rings is 1. The summed E-state index contributed by atoms with van der Waals surface area (Å²) in [6.07, 6.45) is 19.0. The van der Waals surface area contributed by atoms with E-state index in [9.17, 15) is 43.8 Å². The summed E-state index contributed by atoms with van der Waals surface area (Å²) in [5.74, 6) is -2.43. The van der Waals surface area contributed by atoms with Crippen LogP contribution in [0.3, 0.4) is 0 Å². The van der Waals surface area contributed by atoms with E-state index in [-0.39, 0.29) is 91.4 Å². The number of aromatic nitrogens is 5. The minimum atomic E-state index is -1.70. The van der Waals surface area contributed by atoms with E-state index in [2.05, 4.69) is 43.4 Å². The summed E-state index contributed by atoms with van der Waals surface area (Å²) in [5.41, 5.74) is 27.3. The molecule has 1 unspecified atom stereocenters. The molecular weight excluding hydrogens is 1660 g/mol. The zero-order valence-corrected chi connectivity index (χ0v) is 76.4. The Balaban J connectivity index is 0.460. The molecule has 33 heteroatoms. The molecule has 708 valence electrons. The van der Waals surface area contributed by atoms with Gasteiger partial charge in [-0.1, -0.05) is 75.4 Å². The van der Waals surface area contributed by atoms with Crippen LogP contribution in [0.2, 0.25) is 0 Å². The maximum Gasteiger partial charge on any atom is 0.407 e. The third-order valence-electron chi connectivity index (χ3n) is 26.6. The summed E-state index contributed by atoms with van der Waals surface area (Å²) in [7, 11) is 1.64. The largest absolute Gasteiger partial charge is 0.446 e. The highest BCUT2D eigenvalue weighted by molar-refractivity contribution is 6.38. The minimum absolute atomic E-state index is 0.00108. The van der Waals surface area contributed by atoms with Crippen molar-refractivity contribution in [1.29, 1.82) is 0 Å². The summed E-state index contributed by atoms with van der Waals surface area (Å²) in [4.78, 5) is 117. The molecule has 4 amide bonds. The molecule has 11 atom stereocenters. The van der Waals surface area contributed by atoms with Crippen LogP contribution in [0.1, 0.15) is 173 Å². The van der Waals surface area contributed by atoms with Crippen molar-refractivity contribution in [3.63, 3.8) is 0 Å². The van der Waals surface area contributed by atoms with Crippen LogP contribution in [-0.2, 0) is 95.6 Å². The number of aliphatic hydroxyl groups excluding tert-OH is 2. The van der Waals surface area contributed by atoms with Crippen LogP contribution >= 0.6 is 0 Å². The van der Waals surface area contributed by atoms with Gasteiger partial charge in [0.05, 0.1) is 129 Å². The van der Waals surface area contributed by atoms with Crippen molar-refractivity contribution in [2.45, 2.75) is 237 Å². The number of Topliss-reactive ketones (excluding diaryl/α,β-unsaturated/α-hetero) is 3. The van der Waals surface area contributed by atoms with E-state index in [0.717, 1.165) is 99.6 Å². The Hall–Kier alpha value is -8.81. The molecule has 5 fully saturated rings. The zero-order valence-electron chi connectivity index (χ0n) is 76.4. The highest BCUT2D eigenvalue weighted by atomic mass is 16.6. The fourth-order valence-electron chi connectivity index (χ4n) is 19.0. The number of alkyl carbamates (subject to hydrolysis) is 1. The average Bonchev–Trinajstić information content (AvgIpc) is 1.61. The van der Waals surface area contributed by atoms with Crippen LogP contribution < -0.4 is 22.5 Å². The number of nitrogen functional groups attached to an aromatic ring is 2. The number of allylic oxidation sites excluding steroid dienone is 6. The van der Waals surface area contributed by atoms with E-state index in [1.165, 1.54) is 11.9 Å². The maximum absolute atomic E-state index is 14.3. The number of hydrogen-bond donors (Lipinski definition) is 6. The van der Waals surface area contributed by atoms with Crippen LogP contribution in [-0.4, -0.2) is 295 Å². The van der Waals surface area contributed by atoms with E-state index in [4.69, 9.17) is 74.1 Å². The predicted molar refractivity (Wildman–Crippen MR) is 485 cm³/mol. The van der Waals surface area contributed by atoms with Crippen molar-refractivity contribution in [2.75, 3.05) is 150 Å². The van der Waals surface area contributed by atoms with E-state index < -0.39 is 71.9 Å². The lowest BCUT2D eigenvalue weighted by atomic mass is 9.81. The minimum Gasteiger partial charge on any atom is -0.446 e. The van der Waals surface area contributed by atoms with Gasteiger partial charge in [0.25, 0.3) is 11.9 Å². The molecule has 6 aliphatic heterocycles. The number of likely N-dealkylation sites (tertiary alicyclic amines) is 2. The molecule has 2 aromatic carbocycles. The van der Waals surface area contributed by atoms with Crippen molar-refractivity contribution in [1.82, 2.24) is 49.6 Å². The standard InChI is InChI=1S/C96H139N13O20/c1-62-13-8-7-9-14-63(2)82(119-6)56-76-16-12-17-81(127-76)89(114)94(117)108-33-11-10-15-74(108)60-126-83(57-79(110)64(3)52-66(5)88(113)90(115)87(112)65(4)51-62)77(97)54-67-19-23-75(24-20-67)128-96(118)100-32-40-121-42-44-123-46-48-125-50-49-124-47-45-122-43-41-120-39-31-84(111)106-37-29-73(30-38-106)105-34-26-69(27-35-105)93(116)107-36-28-70-53-68(18-21-72(70)59-107)58-109-92-85(91(98)101-61-102-92)86(104-109)71-22-25-80-78(55-71)103-95(99)129-80/h7-9,13-14,18,21-22,25,52-53,55,61-62,64-65,67,69,73-77,81-83,88,90,113,115H,10-12,15-17,19-20,23-24,26-51,54,56-60,97H2,1-6H3,(H2,99,103)(H,100,118)(H2,98,101,102)/b9-7+,13-8+,63-14+,66-52+/t62-,64-,65-,67-,74+,75-,76+,77-,81?,82+,83+,88-,90+/m1/s1. The van der Waals surface area contributed by atoms with E-state index in [1.807, 2.05) is 76.9 Å². The first-order valence-corrected chi connectivity index (χ1v) is 46.9. The number of nitrogens with zero attached hydrogens (tertiary/aromatic N) is 9. The van der Waals surface area contributed by atoms with Gasteiger partial charge in [-0.2, -0.15) is 10.1 Å². The number of piperidine rings is 3. The Labute approximate surface area is 757 Å². The molecule has 5 aromatic rings. The molecule has 7 aliphatic rings. The molecule has 12 rings (SSSR count). The number of aliphatic hydroxyl groups is 2. The molecule has 0 radical (unpaired) electrons. The van der Waals surface area contributed by atoms with Crippen molar-refractivity contribution < 1.29 is 95.6 Å². The molecule has 0 spiro atoms. The number of benzene rings is 2. The summed E-state index contributed by atoms with van der Waals surface area (Å²) >= 11 is 0. The van der Waals surface area contributed by atoms with Crippen LogP contribution in [0.5, 0.6) is 0 Å². The number of rotatable bonds is 31. The lowest BCUT2D eigenvalue weighted by Gasteiger charge is -2.42. The highest BCUT2D eigenvalue weighted by Gasteiger charge is 2.41. The van der Waals surface area contributed by atoms with Gasteiger partial charge in [0.15, 0.2) is 17.0 Å². The summed E-state index contributed by atoms with van der Waals surface area (Å²) in [5, 5.41) is 30.9. The van der Waals surface area contributed by atoms with Gasteiger partial charge in [-0.05, 0) is 194 Å². The molecule has 9 N–H and O–H groups in total. The smallest absolute Gasteiger partial charge is 0.407 e. The monoisotopic (exact) mass is 1790 g/mol. The number of ketones is 3. The number of anilines is 2. The van der Waals surface area contributed by atoms with Gasteiger partial charge in [0, 0.05) is 94.6 Å². The molecule has 1 aliphatic carbocycles. The van der Waals surface area contributed by atoms with Crippen molar-refractivity contribution >= 4 is 75.1 Å². The van der Waals surface area contributed by atoms with Gasteiger partial charge in [0.1, 0.15) is 53.6 Å². The lowest BCUT2D eigenvalue weighted by Crippen LogP contribution is -2.53. The SMILES string of the molecule is CO[C@H]1C[C@@H]2CCCC(O2)C(=O)C(=O)N2CCCC[C@H]2CO[C@H]([C@H](N)C[C@H]2CC[C@H](OC(=O)NCCOCCOCCOCCOCCOCCOCCC(=O)N3CCC(N4CCC(C(=O)N5CCc6cc(Cn7nc(-c8ccc9oc(N)nc9c8)c8c(N)ncnc87)ccc6C5)CC4)CC3)CC2)CC(=O)[C@H](C)/C=C(\C)[C@@H](O)[C@@H](O)C(=O)[C@H](C)C[C@H](C)/C=C/C=C/C=C/1C. The molecule has 33 nitrogen and oxygen atoms in total. The van der Waals surface area contributed by atoms with E-state index in [1.54, 1.807) is 38.9 Å². The second-order valence-corrected chi connectivity index (χ2v) is 36.0. The van der Waals surface area contributed by atoms with Gasteiger partial charge < -0.3 is 104 Å². The van der Waals surface area contributed by atoms with Gasteiger partial charge in [0.2, 0.25) is 17.6 Å². The van der Waals surface area contributed by atoms with Crippen LogP contribution in [0, 0.1) is 29.6 Å². The molecule has 3 aromatic heterocycles. The number of nitrogens with two attached hydrogens (primary N) is 3. The molecule has 129 heavy (non-hydrogen) atoms. The van der Waals surface area contributed by atoms with Gasteiger partial charge >= 0.3 is 6.09 Å². The van der Waals surface area contributed by atoms with Crippen LogP contribution in [0.15, 0.2) is 94.7 Å². The fourth-order valence-corrected chi connectivity index (χ4v) is 19.0. The van der Waals surface area contributed by atoms with Crippen LogP contribution in [0.25, 0.3) is 33.4 Å². The van der Waals surface area contributed by atoms with E-state index >= 15 is 0 Å². The maximum atomic E-state index is 14.3. The number of fused-ring (bicyclic) bond motifs is 6. The van der Waals surface area contributed by atoms with Crippen molar-refractivity contribution in [3.8, 4) is 11.3 Å². The summed E-state index contributed by atoms with van der Waals surface area (Å²) in [6.45, 7) is 19.0. The predicted octanol–water partition coefficient (Wildman–Crippen LogP) is 9.17. The number of carbonyl (C=O) groups is 7. The van der Waals surface area contributed by atoms with Gasteiger partial charge in [-0.15, -0.1) is 0 Å². The number of nitrogens with one attached hydrogen (secondary N) is 1. The molecule has 9 heterocycles. The second kappa shape index (κ2) is 50.2. The van der Waals surface area contributed by atoms with Crippen molar-refractivity contribution in [2.24, 2.45) is 35.3 Å². The Morgan fingerprint density at radius 1 is 0.690 bits per heavy atom. The normalized spacial score (nSPS) is 26.9. The molecule has 2 bridgehead atoms.